The van der Waals surface area contributed by atoms with Crippen molar-refractivity contribution in [1.82, 2.24) is 10.2 Å². The van der Waals surface area contributed by atoms with Crippen LogP contribution < -0.4 is 0 Å². The van der Waals surface area contributed by atoms with Crippen molar-refractivity contribution in [2.75, 3.05) is 0 Å². The van der Waals surface area contributed by atoms with Crippen LogP contribution in [0.2, 0.25) is 5.15 Å². The lowest BCUT2D eigenvalue weighted by Gasteiger charge is -1.91. The molecule has 0 aliphatic rings. The molecule has 0 unspecified atom stereocenters. The molecule has 0 radical (unpaired) electrons. The van der Waals surface area contributed by atoms with E-state index in [-0.39, 0.29) is 10.2 Å². The van der Waals surface area contributed by atoms with Crippen LogP contribution in [0.25, 0.3) is 0 Å². The minimum Gasteiger partial charge on any atom is -0.205 e. The molecule has 0 amide bonds. The van der Waals surface area contributed by atoms with Gasteiger partial charge in [-0.2, -0.15) is 0 Å². The Morgan fingerprint density at radius 3 is 2.27 bits per heavy atom. The van der Waals surface area contributed by atoms with E-state index in [1.165, 1.54) is 12.1 Å². The highest BCUT2D eigenvalue weighted by molar-refractivity contribution is 8.13. The van der Waals surface area contributed by atoms with E-state index in [0.29, 0.717) is 0 Å². The van der Waals surface area contributed by atoms with Crippen LogP contribution in [0.1, 0.15) is 0 Å². The molecule has 1 aromatic rings. The summed E-state index contributed by atoms with van der Waals surface area (Å²) in [5, 5.41) is 6.36. The van der Waals surface area contributed by atoms with Gasteiger partial charge < -0.3 is 0 Å². The molecule has 0 bridgehead atoms. The lowest BCUT2D eigenvalue weighted by Crippen LogP contribution is -1.96. The first-order valence-electron chi connectivity index (χ1n) is 2.44. The maximum atomic E-state index is 10.6. The summed E-state index contributed by atoms with van der Waals surface area (Å²) in [5.41, 5.74) is 0. The van der Waals surface area contributed by atoms with E-state index in [9.17, 15) is 8.42 Å². The predicted molar refractivity (Wildman–Crippen MR) is 40.1 cm³/mol. The Labute approximate surface area is 72.6 Å². The standard InChI is InChI=1S/C4H2Cl2N2O2S/c5-3-1-2-4(8-7-3)11(6,9)10/h1-2H. The van der Waals surface area contributed by atoms with Gasteiger partial charge in [0.15, 0.2) is 10.2 Å². The van der Waals surface area contributed by atoms with Gasteiger partial charge in [-0.15, -0.1) is 10.2 Å². The molecular weight excluding hydrogens is 211 g/mol. The quantitative estimate of drug-likeness (QED) is 0.654. The first-order valence-corrected chi connectivity index (χ1v) is 5.13. The molecule has 0 aliphatic heterocycles. The SMILES string of the molecule is O=S(=O)(Cl)c1ccc(Cl)nn1. The van der Waals surface area contributed by atoms with Crippen LogP contribution >= 0.6 is 22.3 Å². The molecular formula is C4H2Cl2N2O2S. The van der Waals surface area contributed by atoms with Gasteiger partial charge in [0, 0.05) is 10.7 Å². The molecule has 0 N–H and O–H groups in total. The highest BCUT2D eigenvalue weighted by Crippen LogP contribution is 2.11. The zero-order valence-corrected chi connectivity index (χ0v) is 7.36. The van der Waals surface area contributed by atoms with Crippen molar-refractivity contribution < 1.29 is 8.42 Å². The molecule has 1 heterocycles. The molecule has 0 fully saturated rings. The van der Waals surface area contributed by atoms with Gasteiger partial charge >= 0.3 is 0 Å². The minimum atomic E-state index is -3.78. The highest BCUT2D eigenvalue weighted by Gasteiger charge is 2.11. The number of hydrogen-bond donors (Lipinski definition) is 0. The second-order valence-corrected chi connectivity index (χ2v) is 4.53. The van der Waals surface area contributed by atoms with Crippen molar-refractivity contribution in [3.05, 3.63) is 17.3 Å². The van der Waals surface area contributed by atoms with E-state index < -0.39 is 9.05 Å². The number of aromatic nitrogens is 2. The van der Waals surface area contributed by atoms with Gasteiger partial charge in [-0.1, -0.05) is 11.6 Å². The van der Waals surface area contributed by atoms with E-state index in [4.69, 9.17) is 22.3 Å². The lowest BCUT2D eigenvalue weighted by molar-refractivity contribution is 0.604. The van der Waals surface area contributed by atoms with Crippen LogP contribution in [0, 0.1) is 0 Å². The largest absolute Gasteiger partial charge is 0.280 e. The second kappa shape index (κ2) is 2.92. The van der Waals surface area contributed by atoms with Gasteiger partial charge in [-0.05, 0) is 12.1 Å². The Bertz CT molecular complexity index is 347. The van der Waals surface area contributed by atoms with Crippen LogP contribution in [-0.2, 0) is 9.05 Å². The van der Waals surface area contributed by atoms with Crippen molar-refractivity contribution in [3.8, 4) is 0 Å². The average molecular weight is 213 g/mol. The van der Waals surface area contributed by atoms with Crippen LogP contribution in [0.4, 0.5) is 0 Å². The van der Waals surface area contributed by atoms with Gasteiger partial charge in [0.25, 0.3) is 9.05 Å². The molecule has 0 saturated carbocycles. The van der Waals surface area contributed by atoms with E-state index in [2.05, 4.69) is 10.2 Å². The third kappa shape index (κ3) is 2.28. The Kier molecular flexibility index (Phi) is 2.31. The molecule has 60 valence electrons. The maximum absolute atomic E-state index is 10.6. The summed E-state index contributed by atoms with van der Waals surface area (Å²) in [5.74, 6) is 0. The van der Waals surface area contributed by atoms with Crippen LogP contribution in [0.5, 0.6) is 0 Å². The molecule has 0 aliphatic carbocycles. The van der Waals surface area contributed by atoms with Gasteiger partial charge in [-0.3, -0.25) is 0 Å². The number of rotatable bonds is 1. The predicted octanol–water partition coefficient (Wildman–Crippen LogP) is 1.06. The molecule has 0 atom stereocenters. The van der Waals surface area contributed by atoms with Gasteiger partial charge in [0.05, 0.1) is 0 Å². The summed E-state index contributed by atoms with van der Waals surface area (Å²) >= 11 is 5.35. The molecule has 1 rings (SSSR count). The number of halogens is 2. The average Bonchev–Trinajstić information content (AvgIpc) is 1.86. The minimum absolute atomic E-state index is 0.120. The summed E-state index contributed by atoms with van der Waals surface area (Å²) in [4.78, 5) is 0. The highest BCUT2D eigenvalue weighted by atomic mass is 35.7. The third-order valence-electron chi connectivity index (χ3n) is 0.857. The first-order chi connectivity index (χ1) is 5.00. The second-order valence-electron chi connectivity index (χ2n) is 1.63. The van der Waals surface area contributed by atoms with Crippen molar-refractivity contribution in [2.45, 2.75) is 5.03 Å². The van der Waals surface area contributed by atoms with E-state index in [1.807, 2.05) is 0 Å². The van der Waals surface area contributed by atoms with Crippen molar-refractivity contribution in [1.29, 1.82) is 0 Å². The topological polar surface area (TPSA) is 59.9 Å². The molecule has 0 aromatic carbocycles. The summed E-state index contributed by atoms with van der Waals surface area (Å²) < 4.78 is 21.1. The third-order valence-corrected chi connectivity index (χ3v) is 2.25. The van der Waals surface area contributed by atoms with Gasteiger partial charge in [-0.25, -0.2) is 8.42 Å². The van der Waals surface area contributed by atoms with Gasteiger partial charge in [0.2, 0.25) is 0 Å². The number of nitrogens with zero attached hydrogens (tertiary/aromatic N) is 2. The van der Waals surface area contributed by atoms with Crippen molar-refractivity contribution >= 4 is 31.3 Å². The molecule has 4 nitrogen and oxygen atoms in total. The normalized spacial score (nSPS) is 11.5. The fraction of sp³-hybridized carbons (Fsp3) is 0. The zero-order valence-electron chi connectivity index (χ0n) is 5.03. The fourth-order valence-corrected chi connectivity index (χ4v) is 1.15. The van der Waals surface area contributed by atoms with E-state index in [1.54, 1.807) is 0 Å². The maximum Gasteiger partial charge on any atom is 0.280 e. The molecule has 1 aromatic heterocycles. The zero-order chi connectivity index (χ0) is 8.48. The first kappa shape index (κ1) is 8.70. The van der Waals surface area contributed by atoms with Crippen LogP contribution in [0.3, 0.4) is 0 Å². The van der Waals surface area contributed by atoms with Crippen LogP contribution in [0.15, 0.2) is 17.2 Å². The summed E-state index contributed by atoms with van der Waals surface area (Å²) in [6.07, 6.45) is 0. The van der Waals surface area contributed by atoms with E-state index >= 15 is 0 Å². The summed E-state index contributed by atoms with van der Waals surface area (Å²) in [7, 11) is 1.16. The van der Waals surface area contributed by atoms with Crippen molar-refractivity contribution in [3.63, 3.8) is 0 Å². The molecule has 0 spiro atoms. The summed E-state index contributed by atoms with van der Waals surface area (Å²) in [6.45, 7) is 0. The summed E-state index contributed by atoms with van der Waals surface area (Å²) in [6, 6.07) is 2.47. The monoisotopic (exact) mass is 212 g/mol. The molecule has 11 heavy (non-hydrogen) atoms. The Balaban J connectivity index is 3.20. The van der Waals surface area contributed by atoms with E-state index in [0.717, 1.165) is 0 Å². The number of hydrogen-bond acceptors (Lipinski definition) is 4. The smallest absolute Gasteiger partial charge is 0.205 e. The Hall–Kier alpha value is -0.390. The van der Waals surface area contributed by atoms with Crippen LogP contribution in [-0.4, -0.2) is 18.6 Å². The Morgan fingerprint density at radius 1 is 1.27 bits per heavy atom. The molecule has 7 heteroatoms. The molecule has 0 saturated heterocycles. The fourth-order valence-electron chi connectivity index (χ4n) is 0.434. The Morgan fingerprint density at radius 2 is 1.91 bits per heavy atom. The van der Waals surface area contributed by atoms with Crippen molar-refractivity contribution in [2.24, 2.45) is 0 Å². The lowest BCUT2D eigenvalue weighted by atomic mass is 10.6. The van der Waals surface area contributed by atoms with Gasteiger partial charge in [0.1, 0.15) is 0 Å².